The van der Waals surface area contributed by atoms with Crippen molar-refractivity contribution in [1.29, 1.82) is 0 Å². The third-order valence-electron chi connectivity index (χ3n) is 3.51. The van der Waals surface area contributed by atoms with Gasteiger partial charge in [-0.3, -0.25) is 9.36 Å². The number of nitrogens with zero attached hydrogens (tertiary/aromatic N) is 2. The van der Waals surface area contributed by atoms with E-state index in [1.54, 1.807) is 6.07 Å². The van der Waals surface area contributed by atoms with Gasteiger partial charge in [-0.05, 0) is 12.3 Å². The first-order valence-corrected chi connectivity index (χ1v) is 6.40. The first-order chi connectivity index (χ1) is 8.74. The minimum Gasteiger partial charge on any atom is -0.296 e. The molecule has 1 aromatic carbocycles. The standard InChI is InChI=1S/C15H16N2O/c1-11-7-8-14-16-13(9-15(18)17(14)10-11)12-5-3-2-4-6-12/h2-6,9,11H,7-8,10H2,1H3. The summed E-state index contributed by atoms with van der Waals surface area (Å²) >= 11 is 0. The molecule has 2 heterocycles. The molecule has 92 valence electrons. The van der Waals surface area contributed by atoms with Crippen LogP contribution in [0.25, 0.3) is 11.3 Å². The summed E-state index contributed by atoms with van der Waals surface area (Å²) in [5, 5.41) is 0. The number of rotatable bonds is 1. The summed E-state index contributed by atoms with van der Waals surface area (Å²) in [7, 11) is 0. The van der Waals surface area contributed by atoms with Crippen molar-refractivity contribution in [3.8, 4) is 11.3 Å². The number of hydrogen-bond donors (Lipinski definition) is 0. The van der Waals surface area contributed by atoms with Gasteiger partial charge in [-0.2, -0.15) is 0 Å². The van der Waals surface area contributed by atoms with E-state index in [0.29, 0.717) is 5.92 Å². The molecule has 0 aliphatic carbocycles. The lowest BCUT2D eigenvalue weighted by Gasteiger charge is -2.22. The van der Waals surface area contributed by atoms with Crippen LogP contribution in [0.5, 0.6) is 0 Å². The van der Waals surface area contributed by atoms with E-state index in [4.69, 9.17) is 0 Å². The van der Waals surface area contributed by atoms with Gasteiger partial charge in [-0.1, -0.05) is 37.3 Å². The van der Waals surface area contributed by atoms with Crippen molar-refractivity contribution in [2.24, 2.45) is 5.92 Å². The molecule has 0 saturated heterocycles. The third kappa shape index (κ3) is 1.96. The van der Waals surface area contributed by atoms with Crippen molar-refractivity contribution in [1.82, 2.24) is 9.55 Å². The zero-order valence-electron chi connectivity index (χ0n) is 10.5. The molecule has 1 aliphatic rings. The van der Waals surface area contributed by atoms with Gasteiger partial charge in [0.25, 0.3) is 5.56 Å². The second-order valence-corrected chi connectivity index (χ2v) is 5.02. The van der Waals surface area contributed by atoms with E-state index >= 15 is 0 Å². The topological polar surface area (TPSA) is 34.9 Å². The Hall–Kier alpha value is -1.90. The molecule has 1 atom stereocenters. The van der Waals surface area contributed by atoms with E-state index in [-0.39, 0.29) is 5.56 Å². The molecular weight excluding hydrogens is 224 g/mol. The molecule has 1 aliphatic heterocycles. The lowest BCUT2D eigenvalue weighted by Crippen LogP contribution is -2.31. The molecule has 18 heavy (non-hydrogen) atoms. The van der Waals surface area contributed by atoms with E-state index in [0.717, 1.165) is 36.5 Å². The van der Waals surface area contributed by atoms with Gasteiger partial charge in [0.15, 0.2) is 0 Å². The average molecular weight is 240 g/mol. The van der Waals surface area contributed by atoms with Gasteiger partial charge in [-0.15, -0.1) is 0 Å². The fourth-order valence-electron chi connectivity index (χ4n) is 2.48. The summed E-state index contributed by atoms with van der Waals surface area (Å²) in [5.41, 5.74) is 1.88. The number of aryl methyl sites for hydroxylation is 1. The van der Waals surface area contributed by atoms with Crippen LogP contribution in [0, 0.1) is 5.92 Å². The lowest BCUT2D eigenvalue weighted by molar-refractivity contribution is 0.379. The molecule has 2 aromatic rings. The quantitative estimate of drug-likeness (QED) is 0.767. The van der Waals surface area contributed by atoms with Crippen LogP contribution in [0.15, 0.2) is 41.2 Å². The summed E-state index contributed by atoms with van der Waals surface area (Å²) in [4.78, 5) is 16.8. The van der Waals surface area contributed by atoms with Crippen LogP contribution < -0.4 is 5.56 Å². The van der Waals surface area contributed by atoms with Crippen LogP contribution in [-0.2, 0) is 13.0 Å². The molecule has 1 unspecified atom stereocenters. The molecular formula is C15H16N2O. The Morgan fingerprint density at radius 2 is 2.06 bits per heavy atom. The Kier molecular flexibility index (Phi) is 2.74. The summed E-state index contributed by atoms with van der Waals surface area (Å²) < 4.78 is 1.82. The van der Waals surface area contributed by atoms with Gasteiger partial charge in [0.1, 0.15) is 5.82 Å². The Morgan fingerprint density at radius 1 is 1.28 bits per heavy atom. The van der Waals surface area contributed by atoms with Crippen LogP contribution in [-0.4, -0.2) is 9.55 Å². The molecule has 3 rings (SSSR count). The maximum atomic E-state index is 12.1. The van der Waals surface area contributed by atoms with E-state index in [1.165, 1.54) is 0 Å². The van der Waals surface area contributed by atoms with E-state index in [9.17, 15) is 4.79 Å². The predicted molar refractivity (Wildman–Crippen MR) is 71.4 cm³/mol. The van der Waals surface area contributed by atoms with Crippen molar-refractivity contribution >= 4 is 0 Å². The molecule has 0 amide bonds. The molecule has 3 nitrogen and oxygen atoms in total. The molecule has 0 N–H and O–H groups in total. The van der Waals surface area contributed by atoms with Crippen LogP contribution >= 0.6 is 0 Å². The highest BCUT2D eigenvalue weighted by molar-refractivity contribution is 5.58. The van der Waals surface area contributed by atoms with Crippen LogP contribution in [0.4, 0.5) is 0 Å². The van der Waals surface area contributed by atoms with Crippen LogP contribution in [0.3, 0.4) is 0 Å². The number of benzene rings is 1. The average Bonchev–Trinajstić information content (AvgIpc) is 2.40. The fraction of sp³-hybridized carbons (Fsp3) is 0.333. The highest BCUT2D eigenvalue weighted by Gasteiger charge is 2.17. The highest BCUT2D eigenvalue weighted by Crippen LogP contribution is 2.20. The lowest BCUT2D eigenvalue weighted by atomic mass is 10.0. The Bertz CT molecular complexity index is 616. The van der Waals surface area contributed by atoms with Crippen molar-refractivity contribution in [3.63, 3.8) is 0 Å². The van der Waals surface area contributed by atoms with Gasteiger partial charge in [-0.25, -0.2) is 4.98 Å². The third-order valence-corrected chi connectivity index (χ3v) is 3.51. The zero-order valence-corrected chi connectivity index (χ0v) is 10.5. The molecule has 0 saturated carbocycles. The van der Waals surface area contributed by atoms with Gasteiger partial charge < -0.3 is 0 Å². The number of fused-ring (bicyclic) bond motifs is 1. The first-order valence-electron chi connectivity index (χ1n) is 6.40. The highest BCUT2D eigenvalue weighted by atomic mass is 16.1. The Labute approximate surface area is 106 Å². The molecule has 1 aromatic heterocycles. The largest absolute Gasteiger partial charge is 0.296 e. The maximum Gasteiger partial charge on any atom is 0.254 e. The second kappa shape index (κ2) is 4.41. The van der Waals surface area contributed by atoms with E-state index in [1.807, 2.05) is 34.9 Å². The van der Waals surface area contributed by atoms with Crippen molar-refractivity contribution < 1.29 is 0 Å². The first kappa shape index (κ1) is 11.2. The molecule has 0 fully saturated rings. The van der Waals surface area contributed by atoms with Crippen molar-refractivity contribution in [2.75, 3.05) is 0 Å². The van der Waals surface area contributed by atoms with E-state index in [2.05, 4.69) is 11.9 Å². The van der Waals surface area contributed by atoms with Crippen molar-refractivity contribution in [2.45, 2.75) is 26.3 Å². The molecule has 0 bridgehead atoms. The summed E-state index contributed by atoms with van der Waals surface area (Å²) in [6, 6.07) is 11.5. The Balaban J connectivity index is 2.10. The second-order valence-electron chi connectivity index (χ2n) is 5.02. The fourth-order valence-corrected chi connectivity index (χ4v) is 2.48. The van der Waals surface area contributed by atoms with E-state index < -0.39 is 0 Å². The van der Waals surface area contributed by atoms with Gasteiger partial charge in [0, 0.05) is 24.6 Å². The summed E-state index contributed by atoms with van der Waals surface area (Å²) in [5.74, 6) is 1.50. The molecule has 0 spiro atoms. The maximum absolute atomic E-state index is 12.1. The van der Waals surface area contributed by atoms with Gasteiger partial charge in [0.05, 0.1) is 5.69 Å². The monoisotopic (exact) mass is 240 g/mol. The predicted octanol–water partition coefficient (Wildman–Crippen LogP) is 2.49. The zero-order chi connectivity index (χ0) is 12.5. The minimum absolute atomic E-state index is 0.0744. The Morgan fingerprint density at radius 3 is 2.83 bits per heavy atom. The number of hydrogen-bond acceptors (Lipinski definition) is 2. The van der Waals surface area contributed by atoms with Crippen LogP contribution in [0.2, 0.25) is 0 Å². The van der Waals surface area contributed by atoms with Crippen LogP contribution in [0.1, 0.15) is 19.2 Å². The molecule has 0 radical (unpaired) electrons. The summed E-state index contributed by atoms with van der Waals surface area (Å²) in [6.45, 7) is 2.98. The van der Waals surface area contributed by atoms with Gasteiger partial charge >= 0.3 is 0 Å². The normalized spacial score (nSPS) is 18.4. The molecule has 3 heteroatoms. The smallest absolute Gasteiger partial charge is 0.254 e. The minimum atomic E-state index is 0.0744. The number of aromatic nitrogens is 2. The summed E-state index contributed by atoms with van der Waals surface area (Å²) in [6.07, 6.45) is 2.02. The van der Waals surface area contributed by atoms with Crippen molar-refractivity contribution in [3.05, 3.63) is 52.6 Å². The van der Waals surface area contributed by atoms with Gasteiger partial charge in [0.2, 0.25) is 0 Å². The SMILES string of the molecule is CC1CCc2nc(-c3ccccc3)cc(=O)n2C1.